The van der Waals surface area contributed by atoms with E-state index in [0.29, 0.717) is 24.7 Å². The van der Waals surface area contributed by atoms with Crippen molar-refractivity contribution in [3.05, 3.63) is 41.2 Å². The van der Waals surface area contributed by atoms with E-state index in [1.165, 1.54) is 17.2 Å². The lowest BCUT2D eigenvalue weighted by Gasteiger charge is -2.13. The molecule has 0 bridgehead atoms. The van der Waals surface area contributed by atoms with Crippen LogP contribution in [0.3, 0.4) is 0 Å². The summed E-state index contributed by atoms with van der Waals surface area (Å²) in [6, 6.07) is 4.41. The number of hydrogen-bond donors (Lipinski definition) is 3. The Morgan fingerprint density at radius 2 is 2.00 bits per heavy atom. The zero-order valence-electron chi connectivity index (χ0n) is 14.5. The first-order valence-corrected chi connectivity index (χ1v) is 9.08. The fourth-order valence-corrected chi connectivity index (χ4v) is 2.66. The number of rotatable bonds is 10. The highest BCUT2D eigenvalue weighted by atomic mass is 35.5. The van der Waals surface area contributed by atoms with Gasteiger partial charge in [-0.25, -0.2) is 4.79 Å². The molecule has 142 valence electrons. The van der Waals surface area contributed by atoms with E-state index in [1.807, 2.05) is 0 Å². The van der Waals surface area contributed by atoms with Gasteiger partial charge < -0.3 is 20.6 Å². The van der Waals surface area contributed by atoms with Gasteiger partial charge in [0.05, 0.1) is 11.8 Å². The molecule has 0 saturated heterocycles. The Kier molecular flexibility index (Phi) is 8.08. The average Bonchev–Trinajstić information content (AvgIpc) is 3.10. The topological polar surface area (TPSA) is 90.9 Å². The maximum atomic E-state index is 12.0. The molecule has 1 aromatic rings. The second kappa shape index (κ2) is 10.6. The number of amides is 1. The number of aromatic hydroxyl groups is 1. The van der Waals surface area contributed by atoms with Gasteiger partial charge in [-0.3, -0.25) is 4.79 Å². The lowest BCUT2D eigenvalue weighted by molar-refractivity contribution is -0.177. The molecule has 3 N–H and O–H groups in total. The molecule has 1 aromatic carbocycles. The van der Waals surface area contributed by atoms with Crippen LogP contribution in [-0.4, -0.2) is 35.3 Å². The van der Waals surface area contributed by atoms with E-state index in [-0.39, 0.29) is 23.2 Å². The van der Waals surface area contributed by atoms with Crippen LogP contribution in [0.2, 0.25) is 5.02 Å². The zero-order chi connectivity index (χ0) is 18.8. The number of phenolic OH excluding ortho intramolecular Hbond substituents is 1. The second-order valence-corrected chi connectivity index (χ2v) is 6.43. The van der Waals surface area contributed by atoms with Crippen molar-refractivity contribution in [3.63, 3.8) is 0 Å². The van der Waals surface area contributed by atoms with Crippen LogP contribution in [-0.2, 0) is 9.63 Å². The molecule has 26 heavy (non-hydrogen) atoms. The Morgan fingerprint density at radius 3 is 2.73 bits per heavy atom. The summed E-state index contributed by atoms with van der Waals surface area (Å²) in [6.07, 6.45) is 8.31. The number of nitrogens with one attached hydrogen (secondary N) is 2. The fraction of sp³-hybridized carbons (Fsp3) is 0.444. The summed E-state index contributed by atoms with van der Waals surface area (Å²) < 4.78 is 0. The Labute approximate surface area is 157 Å². The monoisotopic (exact) mass is 381 g/mol. The smallest absolute Gasteiger partial charge is 0.332 e. The first-order valence-electron chi connectivity index (χ1n) is 8.70. The second-order valence-electron chi connectivity index (χ2n) is 5.99. The van der Waals surface area contributed by atoms with Gasteiger partial charge in [0.15, 0.2) is 0 Å². The molecule has 0 fully saturated rings. The maximum Gasteiger partial charge on any atom is 0.332 e. The lowest BCUT2D eigenvalue weighted by atomic mass is 10.1. The summed E-state index contributed by atoms with van der Waals surface area (Å²) >= 11 is 5.74. The van der Waals surface area contributed by atoms with Crippen LogP contribution in [0.1, 0.15) is 48.9 Å². The summed E-state index contributed by atoms with van der Waals surface area (Å²) in [5, 5.41) is 17.2. The SMILES string of the molecule is O=C(CCCCCCCNC(=O)c1ccc(Cl)cc1O)ON1C=CNC1. The molecule has 0 spiro atoms. The van der Waals surface area contributed by atoms with Crippen molar-refractivity contribution in [1.82, 2.24) is 15.7 Å². The van der Waals surface area contributed by atoms with Gasteiger partial charge in [0.2, 0.25) is 0 Å². The predicted octanol–water partition coefficient (Wildman–Crippen LogP) is 2.91. The minimum absolute atomic E-state index is 0.123. The van der Waals surface area contributed by atoms with Gasteiger partial charge >= 0.3 is 5.97 Å². The Balaban J connectivity index is 1.48. The van der Waals surface area contributed by atoms with E-state index in [4.69, 9.17) is 16.4 Å². The van der Waals surface area contributed by atoms with Gasteiger partial charge in [-0.15, -0.1) is 0 Å². The standard InChI is InChI=1S/C18H24ClN3O4/c19-14-7-8-15(16(23)12-14)18(25)21-9-5-3-1-2-4-6-17(24)26-22-11-10-20-13-22/h7-8,10-12,20,23H,1-6,9,13H2,(H,21,25). The number of carbonyl (C=O) groups is 2. The van der Waals surface area contributed by atoms with Gasteiger partial charge in [0, 0.05) is 24.2 Å². The minimum atomic E-state index is -0.313. The van der Waals surface area contributed by atoms with E-state index >= 15 is 0 Å². The molecule has 7 nitrogen and oxygen atoms in total. The van der Waals surface area contributed by atoms with Crippen molar-refractivity contribution in [3.8, 4) is 5.75 Å². The van der Waals surface area contributed by atoms with Crippen molar-refractivity contribution in [2.45, 2.75) is 38.5 Å². The normalized spacial score (nSPS) is 12.7. The third-order valence-electron chi connectivity index (χ3n) is 3.87. The van der Waals surface area contributed by atoms with Crippen LogP contribution < -0.4 is 10.6 Å². The Hall–Kier alpha value is -2.41. The van der Waals surface area contributed by atoms with Crippen molar-refractivity contribution >= 4 is 23.5 Å². The molecule has 1 amide bonds. The molecule has 0 saturated carbocycles. The molecule has 1 heterocycles. The van der Waals surface area contributed by atoms with E-state index < -0.39 is 0 Å². The molecule has 8 heteroatoms. The Bertz CT molecular complexity index is 651. The van der Waals surface area contributed by atoms with Gasteiger partial charge in [-0.05, 0) is 31.0 Å². The fourth-order valence-electron chi connectivity index (χ4n) is 2.49. The lowest BCUT2D eigenvalue weighted by Crippen LogP contribution is -2.24. The number of hydrogen-bond acceptors (Lipinski definition) is 6. The quantitative estimate of drug-likeness (QED) is 0.540. The first-order chi connectivity index (χ1) is 12.6. The molecule has 0 unspecified atom stereocenters. The van der Waals surface area contributed by atoms with Crippen molar-refractivity contribution in [1.29, 1.82) is 0 Å². The molecule has 2 rings (SSSR count). The maximum absolute atomic E-state index is 12.0. The van der Waals surface area contributed by atoms with Gasteiger partial charge in [0.25, 0.3) is 5.91 Å². The molecule has 0 radical (unpaired) electrons. The van der Waals surface area contributed by atoms with E-state index in [1.54, 1.807) is 18.5 Å². The van der Waals surface area contributed by atoms with Crippen molar-refractivity contribution < 1.29 is 19.5 Å². The van der Waals surface area contributed by atoms with Crippen molar-refractivity contribution in [2.24, 2.45) is 0 Å². The number of nitrogens with zero attached hydrogens (tertiary/aromatic N) is 1. The Morgan fingerprint density at radius 1 is 1.23 bits per heavy atom. The van der Waals surface area contributed by atoms with Crippen LogP contribution >= 0.6 is 11.6 Å². The molecule has 1 aliphatic heterocycles. The molecule has 0 atom stereocenters. The minimum Gasteiger partial charge on any atom is -0.507 e. The first kappa shape index (κ1) is 19.9. The number of carbonyl (C=O) groups excluding carboxylic acids is 2. The largest absolute Gasteiger partial charge is 0.507 e. The third-order valence-corrected chi connectivity index (χ3v) is 4.11. The number of benzene rings is 1. The highest BCUT2D eigenvalue weighted by Crippen LogP contribution is 2.21. The summed E-state index contributed by atoms with van der Waals surface area (Å²) in [6.45, 7) is 1.03. The number of halogens is 1. The molecule has 0 aromatic heterocycles. The van der Waals surface area contributed by atoms with Crippen LogP contribution in [0.5, 0.6) is 5.75 Å². The van der Waals surface area contributed by atoms with Crippen LogP contribution in [0.4, 0.5) is 0 Å². The summed E-state index contributed by atoms with van der Waals surface area (Å²) in [5.74, 6) is -0.664. The van der Waals surface area contributed by atoms with E-state index in [9.17, 15) is 14.7 Å². The summed E-state index contributed by atoms with van der Waals surface area (Å²) in [7, 11) is 0. The predicted molar refractivity (Wildman–Crippen MR) is 98.2 cm³/mol. The van der Waals surface area contributed by atoms with Crippen LogP contribution in [0, 0.1) is 0 Å². The number of hydroxylamine groups is 2. The van der Waals surface area contributed by atoms with Crippen LogP contribution in [0.25, 0.3) is 0 Å². The summed E-state index contributed by atoms with van der Waals surface area (Å²) in [5.41, 5.74) is 0.218. The van der Waals surface area contributed by atoms with Crippen molar-refractivity contribution in [2.75, 3.05) is 13.2 Å². The highest BCUT2D eigenvalue weighted by Gasteiger charge is 2.11. The number of phenols is 1. The van der Waals surface area contributed by atoms with Crippen LogP contribution in [0.15, 0.2) is 30.6 Å². The van der Waals surface area contributed by atoms with Gasteiger partial charge in [0.1, 0.15) is 12.4 Å². The highest BCUT2D eigenvalue weighted by molar-refractivity contribution is 6.30. The molecule has 1 aliphatic rings. The van der Waals surface area contributed by atoms with E-state index in [2.05, 4.69) is 10.6 Å². The average molecular weight is 382 g/mol. The third kappa shape index (κ3) is 6.84. The zero-order valence-corrected chi connectivity index (χ0v) is 15.3. The molecule has 0 aliphatic carbocycles. The summed E-state index contributed by atoms with van der Waals surface area (Å²) in [4.78, 5) is 28.7. The van der Waals surface area contributed by atoms with E-state index in [0.717, 1.165) is 32.1 Å². The van der Waals surface area contributed by atoms with Gasteiger partial charge in [-0.1, -0.05) is 30.9 Å². The molecular formula is C18H24ClN3O4. The number of unbranched alkanes of at least 4 members (excludes halogenated alkanes) is 4. The van der Waals surface area contributed by atoms with Gasteiger partial charge in [-0.2, -0.15) is 5.06 Å². The molecular weight excluding hydrogens is 358 g/mol.